The van der Waals surface area contributed by atoms with Gasteiger partial charge in [-0.15, -0.1) is 0 Å². The molecule has 2 aromatic rings. The molecule has 0 atom stereocenters. The zero-order valence-corrected chi connectivity index (χ0v) is 14.4. The van der Waals surface area contributed by atoms with Gasteiger partial charge >= 0.3 is 5.97 Å². The molecule has 0 radical (unpaired) electrons. The van der Waals surface area contributed by atoms with Crippen molar-refractivity contribution in [3.05, 3.63) is 65.0 Å². The predicted molar refractivity (Wildman–Crippen MR) is 92.4 cm³/mol. The van der Waals surface area contributed by atoms with Crippen molar-refractivity contribution in [3.8, 4) is 5.75 Å². The smallest absolute Gasteiger partial charge is 0.306 e. The molecule has 2 aromatic carbocycles. The summed E-state index contributed by atoms with van der Waals surface area (Å²) in [6.45, 7) is 1.64. The molecule has 0 spiro atoms. The normalized spacial score (nSPS) is 10.4. The van der Waals surface area contributed by atoms with Crippen LogP contribution >= 0.6 is 0 Å². The fourth-order valence-electron chi connectivity index (χ4n) is 2.47. The Morgan fingerprint density at radius 3 is 2.44 bits per heavy atom. The van der Waals surface area contributed by atoms with E-state index in [1.165, 1.54) is 24.3 Å². The van der Waals surface area contributed by atoms with Crippen LogP contribution in [0.5, 0.6) is 5.75 Å². The maximum atomic E-state index is 12.8. The number of esters is 1. The molecule has 0 aromatic heterocycles. The number of ether oxygens (including phenoxy) is 2. The molecule has 0 bridgehead atoms. The van der Waals surface area contributed by atoms with Crippen LogP contribution in [0.4, 0.5) is 4.39 Å². The lowest BCUT2D eigenvalue weighted by molar-refractivity contribution is -0.142. The van der Waals surface area contributed by atoms with E-state index in [1.54, 1.807) is 7.11 Å². The summed E-state index contributed by atoms with van der Waals surface area (Å²) in [5.74, 6) is -0.343. The van der Waals surface area contributed by atoms with Crippen molar-refractivity contribution < 1.29 is 23.5 Å². The summed E-state index contributed by atoms with van der Waals surface area (Å²) in [7, 11) is 1.63. The number of Topliss-reactive ketones (excluding diaryl/α,β-unsaturated/α-hetero) is 1. The van der Waals surface area contributed by atoms with Gasteiger partial charge in [0.1, 0.15) is 11.6 Å². The summed E-state index contributed by atoms with van der Waals surface area (Å²) in [5.41, 5.74) is 2.49. The lowest BCUT2D eigenvalue weighted by atomic mass is 10.1. The third-order valence-electron chi connectivity index (χ3n) is 3.84. The second-order valence-corrected chi connectivity index (χ2v) is 5.75. The van der Waals surface area contributed by atoms with Gasteiger partial charge in [-0.2, -0.15) is 0 Å². The summed E-state index contributed by atoms with van der Waals surface area (Å²) in [4.78, 5) is 23.6. The molecule has 0 saturated heterocycles. The van der Waals surface area contributed by atoms with E-state index in [0.29, 0.717) is 12.0 Å². The first-order chi connectivity index (χ1) is 12.0. The number of halogens is 1. The number of hydrogen-bond donors (Lipinski definition) is 0. The molecule has 132 valence electrons. The van der Waals surface area contributed by atoms with E-state index in [1.807, 2.05) is 25.1 Å². The van der Waals surface area contributed by atoms with E-state index >= 15 is 0 Å². The number of aryl methyl sites for hydroxylation is 2. The molecule has 0 N–H and O–H groups in total. The van der Waals surface area contributed by atoms with Crippen molar-refractivity contribution >= 4 is 11.8 Å². The predicted octanol–water partition coefficient (Wildman–Crippen LogP) is 3.89. The lowest BCUT2D eigenvalue weighted by Gasteiger charge is -2.07. The molecule has 0 aliphatic carbocycles. The minimum Gasteiger partial charge on any atom is -0.496 e. The van der Waals surface area contributed by atoms with E-state index in [2.05, 4.69) is 0 Å². The van der Waals surface area contributed by atoms with Gasteiger partial charge in [-0.25, -0.2) is 4.39 Å². The molecule has 2 rings (SSSR count). The van der Waals surface area contributed by atoms with Gasteiger partial charge in [-0.1, -0.05) is 12.1 Å². The van der Waals surface area contributed by atoms with Crippen molar-refractivity contribution in [1.29, 1.82) is 0 Å². The summed E-state index contributed by atoms with van der Waals surface area (Å²) >= 11 is 0. The van der Waals surface area contributed by atoms with Gasteiger partial charge in [0.2, 0.25) is 0 Å². The van der Waals surface area contributed by atoms with Crippen LogP contribution in [-0.2, 0) is 16.0 Å². The number of hydrogen-bond acceptors (Lipinski definition) is 4. The SMILES string of the molecule is COc1ccc(CCCC(=O)OCC(=O)c2ccc(F)cc2)cc1C. The fraction of sp³-hybridized carbons (Fsp3) is 0.300. The number of carbonyl (C=O) groups is 2. The van der Waals surface area contributed by atoms with Crippen molar-refractivity contribution in [2.45, 2.75) is 26.2 Å². The lowest BCUT2D eigenvalue weighted by Crippen LogP contribution is -2.14. The standard InChI is InChI=1S/C20H21FO4/c1-14-12-15(6-11-19(14)24-2)4-3-5-20(23)25-13-18(22)16-7-9-17(21)10-8-16/h6-12H,3-5,13H2,1-2H3. The number of benzene rings is 2. The first kappa shape index (κ1) is 18.6. The van der Waals surface area contributed by atoms with Gasteiger partial charge in [-0.3, -0.25) is 9.59 Å². The molecule has 0 aliphatic heterocycles. The second kappa shape index (κ2) is 8.97. The summed E-state index contributed by atoms with van der Waals surface area (Å²) < 4.78 is 23.0. The minimum atomic E-state index is -0.416. The van der Waals surface area contributed by atoms with Gasteiger partial charge in [0, 0.05) is 12.0 Å². The average Bonchev–Trinajstić information content (AvgIpc) is 2.60. The van der Waals surface area contributed by atoms with Crippen molar-refractivity contribution in [3.63, 3.8) is 0 Å². The zero-order valence-electron chi connectivity index (χ0n) is 14.4. The molecule has 0 aliphatic rings. The molecule has 0 saturated carbocycles. The highest BCUT2D eigenvalue weighted by molar-refractivity contribution is 5.97. The topological polar surface area (TPSA) is 52.6 Å². The Kier molecular flexibility index (Phi) is 6.69. The van der Waals surface area contributed by atoms with E-state index in [9.17, 15) is 14.0 Å². The molecule has 25 heavy (non-hydrogen) atoms. The first-order valence-corrected chi connectivity index (χ1v) is 8.07. The van der Waals surface area contributed by atoms with Crippen LogP contribution in [-0.4, -0.2) is 25.5 Å². The van der Waals surface area contributed by atoms with Crippen LogP contribution in [0.2, 0.25) is 0 Å². The van der Waals surface area contributed by atoms with Crippen LogP contribution in [0.3, 0.4) is 0 Å². The highest BCUT2D eigenvalue weighted by Crippen LogP contribution is 2.19. The van der Waals surface area contributed by atoms with E-state index in [0.717, 1.165) is 23.3 Å². The third kappa shape index (κ3) is 5.71. The Labute approximate surface area is 146 Å². The number of rotatable bonds is 8. The summed E-state index contributed by atoms with van der Waals surface area (Å²) in [6.07, 6.45) is 1.61. The second-order valence-electron chi connectivity index (χ2n) is 5.75. The summed E-state index contributed by atoms with van der Waals surface area (Å²) in [5, 5.41) is 0. The minimum absolute atomic E-state index is 0.238. The van der Waals surface area contributed by atoms with Gasteiger partial charge < -0.3 is 9.47 Å². The maximum Gasteiger partial charge on any atom is 0.306 e. The van der Waals surface area contributed by atoms with Crippen molar-refractivity contribution in [2.24, 2.45) is 0 Å². The quantitative estimate of drug-likeness (QED) is 0.538. The third-order valence-corrected chi connectivity index (χ3v) is 3.84. The van der Waals surface area contributed by atoms with Gasteiger partial charge in [0.15, 0.2) is 12.4 Å². The zero-order chi connectivity index (χ0) is 18.2. The highest BCUT2D eigenvalue weighted by Gasteiger charge is 2.10. The number of ketones is 1. The Bertz CT molecular complexity index is 738. The largest absolute Gasteiger partial charge is 0.496 e. The molecule has 0 unspecified atom stereocenters. The number of carbonyl (C=O) groups excluding carboxylic acids is 2. The van der Waals surface area contributed by atoms with Crippen molar-refractivity contribution in [2.75, 3.05) is 13.7 Å². The van der Waals surface area contributed by atoms with Crippen LogP contribution in [0.15, 0.2) is 42.5 Å². The monoisotopic (exact) mass is 344 g/mol. The molecule has 0 heterocycles. The highest BCUT2D eigenvalue weighted by atomic mass is 19.1. The van der Waals surface area contributed by atoms with Gasteiger partial charge in [0.05, 0.1) is 7.11 Å². The molecular weight excluding hydrogens is 323 g/mol. The first-order valence-electron chi connectivity index (χ1n) is 8.07. The Balaban J connectivity index is 1.72. The summed E-state index contributed by atoms with van der Waals surface area (Å²) in [6, 6.07) is 11.1. The molecule has 4 nitrogen and oxygen atoms in total. The Morgan fingerprint density at radius 1 is 1.08 bits per heavy atom. The van der Waals surface area contributed by atoms with Crippen LogP contribution in [0, 0.1) is 12.7 Å². The van der Waals surface area contributed by atoms with Crippen LogP contribution in [0.1, 0.15) is 34.3 Å². The molecule has 5 heteroatoms. The molecule has 0 amide bonds. The van der Waals surface area contributed by atoms with Crippen molar-refractivity contribution in [1.82, 2.24) is 0 Å². The Hall–Kier alpha value is -2.69. The van der Waals surface area contributed by atoms with Crippen LogP contribution in [0.25, 0.3) is 0 Å². The van der Waals surface area contributed by atoms with E-state index < -0.39 is 11.8 Å². The van der Waals surface area contributed by atoms with E-state index in [-0.39, 0.29) is 18.8 Å². The number of methoxy groups -OCH3 is 1. The van der Waals surface area contributed by atoms with Gasteiger partial charge in [0.25, 0.3) is 0 Å². The molecular formula is C20H21FO4. The fourth-order valence-corrected chi connectivity index (χ4v) is 2.47. The Morgan fingerprint density at radius 2 is 1.80 bits per heavy atom. The van der Waals surface area contributed by atoms with Crippen LogP contribution < -0.4 is 4.74 Å². The van der Waals surface area contributed by atoms with E-state index in [4.69, 9.17) is 9.47 Å². The molecule has 0 fully saturated rings. The van der Waals surface area contributed by atoms with Gasteiger partial charge in [-0.05, 0) is 61.2 Å². The maximum absolute atomic E-state index is 12.8. The average molecular weight is 344 g/mol.